The monoisotopic (exact) mass is 397 g/mol. The first-order chi connectivity index (χ1) is 14.1. The summed E-state index contributed by atoms with van der Waals surface area (Å²) in [5, 5.41) is 3.09. The van der Waals surface area contributed by atoms with Crippen molar-refractivity contribution in [3.63, 3.8) is 0 Å². The smallest absolute Gasteiger partial charge is 0.223 e. The van der Waals surface area contributed by atoms with Gasteiger partial charge in [-0.1, -0.05) is 43.2 Å². The number of amides is 2. The zero-order valence-corrected chi connectivity index (χ0v) is 17.6. The maximum absolute atomic E-state index is 12.7. The van der Waals surface area contributed by atoms with Crippen LogP contribution in [0.5, 0.6) is 0 Å². The molecule has 158 valence electrons. The molecule has 5 nitrogen and oxygen atoms in total. The van der Waals surface area contributed by atoms with Gasteiger partial charge in [-0.2, -0.15) is 0 Å². The van der Waals surface area contributed by atoms with Gasteiger partial charge < -0.3 is 10.2 Å². The van der Waals surface area contributed by atoms with Crippen LogP contribution in [0.1, 0.15) is 63.4 Å². The summed E-state index contributed by atoms with van der Waals surface area (Å²) in [5.74, 6) is 0.203. The number of rotatable bonds is 6. The van der Waals surface area contributed by atoms with Gasteiger partial charge in [0.05, 0.1) is 0 Å². The van der Waals surface area contributed by atoms with Crippen LogP contribution in [0.25, 0.3) is 0 Å². The lowest BCUT2D eigenvalue weighted by molar-refractivity contribution is -0.133. The van der Waals surface area contributed by atoms with Crippen molar-refractivity contribution in [1.29, 1.82) is 0 Å². The first kappa shape index (κ1) is 20.4. The highest BCUT2D eigenvalue weighted by atomic mass is 16.2. The van der Waals surface area contributed by atoms with E-state index in [0.29, 0.717) is 18.9 Å². The Kier molecular flexibility index (Phi) is 6.53. The van der Waals surface area contributed by atoms with Crippen molar-refractivity contribution in [1.82, 2.24) is 15.1 Å². The van der Waals surface area contributed by atoms with Crippen LogP contribution < -0.4 is 5.32 Å². The van der Waals surface area contributed by atoms with Gasteiger partial charge in [-0.3, -0.25) is 14.5 Å². The lowest BCUT2D eigenvalue weighted by Crippen LogP contribution is -2.45. The molecule has 1 unspecified atom stereocenters. The molecule has 2 amide bonds. The summed E-state index contributed by atoms with van der Waals surface area (Å²) in [7, 11) is 0. The van der Waals surface area contributed by atoms with Gasteiger partial charge >= 0.3 is 0 Å². The molecule has 3 aliphatic rings. The van der Waals surface area contributed by atoms with Crippen LogP contribution in [0.2, 0.25) is 0 Å². The number of piperidine rings is 1. The lowest BCUT2D eigenvalue weighted by Gasteiger charge is -2.40. The number of benzene rings is 1. The molecule has 1 aromatic carbocycles. The third kappa shape index (κ3) is 5.39. The Morgan fingerprint density at radius 3 is 2.55 bits per heavy atom. The van der Waals surface area contributed by atoms with Crippen molar-refractivity contribution in [2.24, 2.45) is 5.41 Å². The van der Waals surface area contributed by atoms with E-state index in [2.05, 4.69) is 40.5 Å². The Morgan fingerprint density at radius 1 is 0.966 bits per heavy atom. The first-order valence-electron chi connectivity index (χ1n) is 11.5. The predicted octanol–water partition coefficient (Wildman–Crippen LogP) is 3.34. The van der Waals surface area contributed by atoms with Crippen LogP contribution in [0, 0.1) is 5.41 Å². The Morgan fingerprint density at radius 2 is 1.76 bits per heavy atom. The Bertz CT molecular complexity index is 701. The summed E-state index contributed by atoms with van der Waals surface area (Å²) in [6.07, 6.45) is 8.80. The fourth-order valence-corrected chi connectivity index (χ4v) is 5.52. The minimum absolute atomic E-state index is 0.0471. The normalized spacial score (nSPS) is 25.6. The molecule has 5 heteroatoms. The van der Waals surface area contributed by atoms with Crippen molar-refractivity contribution in [3.05, 3.63) is 35.9 Å². The van der Waals surface area contributed by atoms with E-state index in [9.17, 15) is 9.59 Å². The second-order valence-corrected chi connectivity index (χ2v) is 9.41. The van der Waals surface area contributed by atoms with Crippen LogP contribution >= 0.6 is 0 Å². The Hall–Kier alpha value is -1.88. The molecule has 1 saturated carbocycles. The minimum atomic E-state index is 0.0471. The van der Waals surface area contributed by atoms with E-state index in [1.807, 2.05) is 4.90 Å². The molecule has 2 heterocycles. The average molecular weight is 398 g/mol. The van der Waals surface area contributed by atoms with E-state index >= 15 is 0 Å². The van der Waals surface area contributed by atoms with Crippen LogP contribution in [0.3, 0.4) is 0 Å². The number of nitrogens with zero attached hydrogens (tertiary/aromatic N) is 2. The number of nitrogens with one attached hydrogen (secondary N) is 1. The fraction of sp³-hybridized carbons (Fsp3) is 0.667. The van der Waals surface area contributed by atoms with E-state index in [1.54, 1.807) is 0 Å². The van der Waals surface area contributed by atoms with E-state index in [-0.39, 0.29) is 17.2 Å². The lowest BCUT2D eigenvalue weighted by atomic mass is 9.79. The SMILES string of the molecule is O=C(CCC(=O)N1CCC2(CCCN(Cc3ccccc3)C2)C1)NC1CCCC1. The molecule has 2 saturated heterocycles. The average Bonchev–Trinajstić information content (AvgIpc) is 3.37. The molecule has 1 spiro atoms. The molecule has 2 aliphatic heterocycles. The highest BCUT2D eigenvalue weighted by Gasteiger charge is 2.42. The van der Waals surface area contributed by atoms with Crippen molar-refractivity contribution in [2.45, 2.75) is 70.4 Å². The molecule has 0 radical (unpaired) electrons. The third-order valence-electron chi connectivity index (χ3n) is 7.07. The molecular weight excluding hydrogens is 362 g/mol. The van der Waals surface area contributed by atoms with Crippen molar-refractivity contribution < 1.29 is 9.59 Å². The molecule has 29 heavy (non-hydrogen) atoms. The van der Waals surface area contributed by atoms with Gasteiger partial charge in [-0.15, -0.1) is 0 Å². The van der Waals surface area contributed by atoms with Gasteiger partial charge in [0.1, 0.15) is 0 Å². The molecule has 4 rings (SSSR count). The van der Waals surface area contributed by atoms with Gasteiger partial charge in [0, 0.05) is 50.5 Å². The second kappa shape index (κ2) is 9.29. The van der Waals surface area contributed by atoms with Gasteiger partial charge in [-0.05, 0) is 44.2 Å². The topological polar surface area (TPSA) is 52.7 Å². The number of carbonyl (C=O) groups excluding carboxylic acids is 2. The van der Waals surface area contributed by atoms with Crippen molar-refractivity contribution >= 4 is 11.8 Å². The number of hydrogen-bond donors (Lipinski definition) is 1. The highest BCUT2D eigenvalue weighted by molar-refractivity contribution is 5.84. The van der Waals surface area contributed by atoms with E-state index in [1.165, 1.54) is 31.2 Å². The van der Waals surface area contributed by atoms with Crippen molar-refractivity contribution in [3.8, 4) is 0 Å². The minimum Gasteiger partial charge on any atom is -0.353 e. The number of carbonyl (C=O) groups is 2. The maximum atomic E-state index is 12.7. The van der Waals surface area contributed by atoms with Crippen LogP contribution in [-0.4, -0.2) is 53.8 Å². The summed E-state index contributed by atoms with van der Waals surface area (Å²) in [6.45, 7) is 4.93. The summed E-state index contributed by atoms with van der Waals surface area (Å²) in [5.41, 5.74) is 1.61. The molecule has 1 aliphatic carbocycles. The molecular formula is C24H35N3O2. The predicted molar refractivity (Wildman–Crippen MR) is 114 cm³/mol. The van der Waals surface area contributed by atoms with E-state index in [0.717, 1.165) is 52.0 Å². The third-order valence-corrected chi connectivity index (χ3v) is 7.07. The van der Waals surface area contributed by atoms with Gasteiger partial charge in [-0.25, -0.2) is 0 Å². The quantitative estimate of drug-likeness (QED) is 0.801. The van der Waals surface area contributed by atoms with Crippen LogP contribution in [0.4, 0.5) is 0 Å². The summed E-state index contributed by atoms with van der Waals surface area (Å²) < 4.78 is 0. The first-order valence-corrected chi connectivity index (χ1v) is 11.5. The summed E-state index contributed by atoms with van der Waals surface area (Å²) in [4.78, 5) is 29.4. The molecule has 1 aromatic rings. The second-order valence-electron chi connectivity index (χ2n) is 9.41. The largest absolute Gasteiger partial charge is 0.353 e. The van der Waals surface area contributed by atoms with Crippen LogP contribution in [-0.2, 0) is 16.1 Å². The molecule has 1 atom stereocenters. The zero-order valence-electron chi connectivity index (χ0n) is 17.6. The fourth-order valence-electron chi connectivity index (χ4n) is 5.52. The highest BCUT2D eigenvalue weighted by Crippen LogP contribution is 2.39. The zero-order chi connectivity index (χ0) is 20.1. The maximum Gasteiger partial charge on any atom is 0.223 e. The number of likely N-dealkylation sites (tertiary alicyclic amines) is 2. The molecule has 3 fully saturated rings. The summed E-state index contributed by atoms with van der Waals surface area (Å²) >= 11 is 0. The van der Waals surface area contributed by atoms with Gasteiger partial charge in [0.25, 0.3) is 0 Å². The van der Waals surface area contributed by atoms with Crippen LogP contribution in [0.15, 0.2) is 30.3 Å². The number of hydrogen-bond acceptors (Lipinski definition) is 3. The van der Waals surface area contributed by atoms with E-state index < -0.39 is 0 Å². The molecule has 0 aromatic heterocycles. The summed E-state index contributed by atoms with van der Waals surface area (Å²) in [6, 6.07) is 11.0. The van der Waals surface area contributed by atoms with Gasteiger partial charge in [0.15, 0.2) is 0 Å². The Balaban J connectivity index is 1.24. The molecule has 0 bridgehead atoms. The van der Waals surface area contributed by atoms with Crippen molar-refractivity contribution in [2.75, 3.05) is 26.2 Å². The Labute approximate surface area is 174 Å². The molecule has 1 N–H and O–H groups in total. The standard InChI is InChI=1S/C24H35N3O2/c28-22(25-21-9-4-5-10-21)11-12-23(29)27-16-14-24(19-27)13-6-15-26(18-24)17-20-7-2-1-3-8-20/h1-3,7-8,21H,4-6,9-19H2,(H,25,28). The van der Waals surface area contributed by atoms with Gasteiger partial charge in [0.2, 0.25) is 11.8 Å². The van der Waals surface area contributed by atoms with E-state index in [4.69, 9.17) is 0 Å².